The van der Waals surface area contributed by atoms with Gasteiger partial charge in [-0.2, -0.15) is 4.98 Å². The number of nitrogens with two attached hydrogens (primary N) is 1. The van der Waals surface area contributed by atoms with Gasteiger partial charge in [-0.25, -0.2) is 13.6 Å². The van der Waals surface area contributed by atoms with Crippen molar-refractivity contribution in [3.63, 3.8) is 0 Å². The van der Waals surface area contributed by atoms with Crippen LogP contribution in [-0.2, 0) is 13.0 Å². The van der Waals surface area contributed by atoms with Crippen LogP contribution >= 0.6 is 11.6 Å². The van der Waals surface area contributed by atoms with Crippen LogP contribution in [0, 0.1) is 16.6 Å². The Balaban J connectivity index is 1.51. The molecule has 0 saturated heterocycles. The SMILES string of the molecule is C=CC(CCNC(=N)CF)NCc1ccc(-n2cc3cc(-c4cc(CCC(C)(C)CN)cc(Cl)c4F)[nH]c3nc2=O)cc1. The van der Waals surface area contributed by atoms with Gasteiger partial charge in [-0.15, -0.1) is 6.58 Å². The summed E-state index contributed by atoms with van der Waals surface area (Å²) in [6.45, 7) is 8.77. The van der Waals surface area contributed by atoms with Gasteiger partial charge in [-0.3, -0.25) is 9.98 Å². The first-order chi connectivity index (χ1) is 20.5. The quantitative estimate of drug-likeness (QED) is 0.0717. The Bertz CT molecular complexity index is 1650. The molecule has 2 aromatic carbocycles. The predicted molar refractivity (Wildman–Crippen MR) is 170 cm³/mol. The Morgan fingerprint density at radius 2 is 2.00 bits per heavy atom. The van der Waals surface area contributed by atoms with Crippen LogP contribution in [0.3, 0.4) is 0 Å². The number of aryl methyl sites for hydroxylation is 1. The molecule has 43 heavy (non-hydrogen) atoms. The van der Waals surface area contributed by atoms with Crippen molar-refractivity contribution in [1.29, 1.82) is 5.41 Å². The molecule has 1 atom stereocenters. The number of benzene rings is 2. The number of H-pyrrole nitrogens is 1. The highest BCUT2D eigenvalue weighted by molar-refractivity contribution is 6.31. The molecule has 2 heterocycles. The highest BCUT2D eigenvalue weighted by atomic mass is 35.5. The molecule has 4 rings (SSSR count). The normalized spacial score (nSPS) is 12.4. The van der Waals surface area contributed by atoms with Crippen molar-refractivity contribution in [2.75, 3.05) is 19.8 Å². The third-order valence-corrected chi connectivity index (χ3v) is 7.80. The predicted octanol–water partition coefficient (Wildman–Crippen LogP) is 5.66. The van der Waals surface area contributed by atoms with Gasteiger partial charge in [0, 0.05) is 36.3 Å². The maximum Gasteiger partial charge on any atom is 0.354 e. The lowest BCUT2D eigenvalue weighted by Gasteiger charge is -2.22. The highest BCUT2D eigenvalue weighted by Gasteiger charge is 2.19. The number of halogens is 3. The molecule has 0 fully saturated rings. The van der Waals surface area contributed by atoms with Gasteiger partial charge in [0.05, 0.1) is 16.4 Å². The lowest BCUT2D eigenvalue weighted by Crippen LogP contribution is -2.33. The van der Waals surface area contributed by atoms with Crippen molar-refractivity contribution in [2.24, 2.45) is 11.1 Å². The molecule has 8 nitrogen and oxygen atoms in total. The van der Waals surface area contributed by atoms with Gasteiger partial charge >= 0.3 is 5.69 Å². The van der Waals surface area contributed by atoms with Gasteiger partial charge < -0.3 is 21.4 Å². The number of rotatable bonds is 14. The lowest BCUT2D eigenvalue weighted by atomic mass is 9.86. The van der Waals surface area contributed by atoms with Crippen LogP contribution in [0.25, 0.3) is 28.0 Å². The molecule has 0 saturated carbocycles. The second-order valence-electron chi connectivity index (χ2n) is 11.4. The standard InChI is InChI=1S/C32H38ClF2N7O/c1-4-23(10-12-38-28(37)16-34)39-17-20-5-7-24(8-6-20)42-18-22-15-27(40-30(22)41-31(42)43)25-13-21(14-26(33)29(25)35)9-11-32(2,3)19-36/h4-8,13-15,18,23,39H,1,9-12,16-17,19,36H2,2-3H3,(H2,37,38)(H,40,41,43). The Morgan fingerprint density at radius 1 is 1.26 bits per heavy atom. The van der Waals surface area contributed by atoms with E-state index in [1.165, 1.54) is 4.57 Å². The number of amidine groups is 1. The summed E-state index contributed by atoms with van der Waals surface area (Å²) in [4.78, 5) is 20.2. The number of hydrogen-bond donors (Lipinski definition) is 5. The van der Waals surface area contributed by atoms with E-state index in [1.807, 2.05) is 24.3 Å². The van der Waals surface area contributed by atoms with Gasteiger partial charge in [0.1, 0.15) is 18.2 Å². The fourth-order valence-electron chi connectivity index (χ4n) is 4.65. The summed E-state index contributed by atoms with van der Waals surface area (Å²) in [5, 5.41) is 14.1. The summed E-state index contributed by atoms with van der Waals surface area (Å²) >= 11 is 6.27. The second-order valence-corrected chi connectivity index (χ2v) is 11.8. The van der Waals surface area contributed by atoms with Gasteiger partial charge in [-0.1, -0.05) is 43.7 Å². The first-order valence-electron chi connectivity index (χ1n) is 14.2. The first-order valence-corrected chi connectivity index (χ1v) is 14.5. The van der Waals surface area contributed by atoms with Gasteiger partial charge in [-0.05, 0) is 72.7 Å². The summed E-state index contributed by atoms with van der Waals surface area (Å²) in [6, 6.07) is 12.7. The third kappa shape index (κ3) is 8.16. The third-order valence-electron chi connectivity index (χ3n) is 7.52. The van der Waals surface area contributed by atoms with Crippen molar-refractivity contribution in [2.45, 2.75) is 45.7 Å². The fraction of sp³-hybridized carbons (Fsp3) is 0.344. The summed E-state index contributed by atoms with van der Waals surface area (Å²) < 4.78 is 29.0. The Kier molecular flexibility index (Phi) is 10.5. The van der Waals surface area contributed by atoms with E-state index in [-0.39, 0.29) is 22.3 Å². The summed E-state index contributed by atoms with van der Waals surface area (Å²) in [6.07, 6.45) is 5.63. The van der Waals surface area contributed by atoms with E-state index >= 15 is 4.39 Å². The molecular weight excluding hydrogens is 572 g/mol. The van der Waals surface area contributed by atoms with Crippen LogP contribution in [0.5, 0.6) is 0 Å². The zero-order valence-electron chi connectivity index (χ0n) is 24.4. The number of fused-ring (bicyclic) bond motifs is 1. The number of nitrogens with zero attached hydrogens (tertiary/aromatic N) is 2. The van der Waals surface area contributed by atoms with Gasteiger partial charge in [0.2, 0.25) is 0 Å². The molecule has 228 valence electrons. The van der Waals surface area contributed by atoms with Crippen LogP contribution < -0.4 is 22.1 Å². The van der Waals surface area contributed by atoms with E-state index in [9.17, 15) is 9.18 Å². The van der Waals surface area contributed by atoms with Crippen molar-refractivity contribution >= 4 is 28.5 Å². The van der Waals surface area contributed by atoms with Crippen molar-refractivity contribution in [3.05, 3.63) is 93.8 Å². The molecule has 11 heteroatoms. The minimum absolute atomic E-state index is 0.0187. The number of aromatic amines is 1. The zero-order valence-corrected chi connectivity index (χ0v) is 25.2. The van der Waals surface area contributed by atoms with Crippen LogP contribution in [0.1, 0.15) is 37.8 Å². The van der Waals surface area contributed by atoms with Gasteiger partial charge in [0.15, 0.2) is 5.82 Å². The van der Waals surface area contributed by atoms with E-state index in [4.69, 9.17) is 22.7 Å². The molecule has 4 aromatic rings. The molecule has 0 radical (unpaired) electrons. The van der Waals surface area contributed by atoms with Crippen molar-refractivity contribution in [3.8, 4) is 16.9 Å². The van der Waals surface area contributed by atoms with Crippen LogP contribution in [0.4, 0.5) is 8.78 Å². The Hall–Kier alpha value is -3.86. The van der Waals surface area contributed by atoms with E-state index in [2.05, 4.69) is 41.0 Å². The summed E-state index contributed by atoms with van der Waals surface area (Å²) in [5.74, 6) is -0.676. The molecule has 6 N–H and O–H groups in total. The van der Waals surface area contributed by atoms with E-state index in [0.29, 0.717) is 60.5 Å². The molecular formula is C32H38ClF2N7O. The highest BCUT2D eigenvalue weighted by Crippen LogP contribution is 2.32. The number of nitrogens with one attached hydrogen (secondary N) is 4. The van der Waals surface area contributed by atoms with E-state index in [0.717, 1.165) is 17.5 Å². The largest absolute Gasteiger partial charge is 0.372 e. The topological polar surface area (TPSA) is 125 Å². The molecule has 1 unspecified atom stereocenters. The van der Waals surface area contributed by atoms with Gasteiger partial charge in [0.25, 0.3) is 0 Å². The maximum atomic E-state index is 15.1. The first kappa shape index (κ1) is 32.1. The average Bonchev–Trinajstić information content (AvgIpc) is 3.41. The number of alkyl halides is 1. The minimum atomic E-state index is -0.814. The monoisotopic (exact) mass is 609 g/mol. The van der Waals surface area contributed by atoms with E-state index in [1.54, 1.807) is 30.5 Å². The molecule has 0 bridgehead atoms. The smallest absolute Gasteiger partial charge is 0.354 e. The van der Waals surface area contributed by atoms with Crippen molar-refractivity contribution in [1.82, 2.24) is 25.2 Å². The molecule has 0 aliphatic rings. The van der Waals surface area contributed by atoms with Crippen LogP contribution in [0.15, 0.2) is 66.1 Å². The van der Waals surface area contributed by atoms with Crippen molar-refractivity contribution < 1.29 is 8.78 Å². The molecule has 2 aromatic heterocycles. The van der Waals surface area contributed by atoms with Crippen LogP contribution in [-0.4, -0.2) is 46.2 Å². The number of hydrogen-bond acceptors (Lipinski definition) is 5. The molecule has 0 aliphatic carbocycles. The number of aromatic nitrogens is 3. The minimum Gasteiger partial charge on any atom is -0.372 e. The van der Waals surface area contributed by atoms with E-state index < -0.39 is 18.2 Å². The maximum absolute atomic E-state index is 15.1. The molecule has 0 aliphatic heterocycles. The second kappa shape index (κ2) is 14.1. The van der Waals surface area contributed by atoms with Crippen LogP contribution in [0.2, 0.25) is 5.02 Å². The zero-order chi connectivity index (χ0) is 31.1. The summed E-state index contributed by atoms with van der Waals surface area (Å²) in [5.41, 5.74) is 9.03. The Morgan fingerprint density at radius 3 is 2.67 bits per heavy atom. The summed E-state index contributed by atoms with van der Waals surface area (Å²) in [7, 11) is 0. The lowest BCUT2D eigenvalue weighted by molar-refractivity contribution is 0.348. The average molecular weight is 610 g/mol. The fourth-order valence-corrected chi connectivity index (χ4v) is 4.89. The Labute approximate surface area is 254 Å². The molecule has 0 spiro atoms. The molecule has 0 amide bonds.